The summed E-state index contributed by atoms with van der Waals surface area (Å²) in [5.41, 5.74) is -5.21. The average molecular weight is 525 g/mol. The lowest BCUT2D eigenvalue weighted by atomic mass is 9.50. The molecule has 6 aliphatic rings. The summed E-state index contributed by atoms with van der Waals surface area (Å²) in [6, 6.07) is 0. The molecule has 6 fully saturated rings. The monoisotopic (exact) mass is 524 g/mol. The number of esters is 1. The van der Waals surface area contributed by atoms with Crippen LogP contribution in [0.15, 0.2) is 0 Å². The van der Waals surface area contributed by atoms with E-state index in [4.69, 9.17) is 4.74 Å². The number of rotatable bonds is 7. The quantitative estimate of drug-likeness (QED) is 0.258. The van der Waals surface area contributed by atoms with Crippen molar-refractivity contribution in [2.45, 2.75) is 102 Å². The highest BCUT2D eigenvalue weighted by atomic mass is 19.4. The first-order valence-corrected chi connectivity index (χ1v) is 13.6. The van der Waals surface area contributed by atoms with Crippen molar-refractivity contribution in [2.75, 3.05) is 6.61 Å². The van der Waals surface area contributed by atoms with Crippen molar-refractivity contribution >= 4 is 5.97 Å². The number of carbonyl (C=O) groups excluding carboxylic acids is 1. The highest BCUT2D eigenvalue weighted by Gasteiger charge is 2.73. The van der Waals surface area contributed by atoms with Gasteiger partial charge in [-0.2, -0.15) is 26.3 Å². The molecule has 0 spiro atoms. The van der Waals surface area contributed by atoms with E-state index in [0.29, 0.717) is 42.9 Å². The molecule has 4 atom stereocenters. The van der Waals surface area contributed by atoms with Crippen molar-refractivity contribution in [1.82, 2.24) is 0 Å². The van der Waals surface area contributed by atoms with Crippen LogP contribution in [0.3, 0.4) is 0 Å². The number of carbonyl (C=O) groups is 1. The molecule has 9 heteroatoms. The van der Waals surface area contributed by atoms with Gasteiger partial charge in [0.2, 0.25) is 0 Å². The van der Waals surface area contributed by atoms with E-state index in [2.05, 4.69) is 18.6 Å². The second-order valence-corrected chi connectivity index (χ2v) is 13.2. The van der Waals surface area contributed by atoms with Crippen LogP contribution in [0.5, 0.6) is 0 Å². The maximum Gasteiger partial charge on any atom is 0.426 e. The molecule has 6 aliphatic carbocycles. The first kappa shape index (κ1) is 26.6. The molecular weight excluding hydrogens is 486 g/mol. The zero-order valence-electron chi connectivity index (χ0n) is 21.3. The first-order chi connectivity index (χ1) is 16.6. The average Bonchev–Trinajstić information content (AvgIpc) is 3.33. The molecule has 6 saturated carbocycles. The highest BCUT2D eigenvalue weighted by molar-refractivity contribution is 5.71. The molecule has 0 aromatic carbocycles. The minimum atomic E-state index is -5.70. The van der Waals surface area contributed by atoms with Gasteiger partial charge < -0.3 is 9.47 Å². The van der Waals surface area contributed by atoms with Gasteiger partial charge in [-0.05, 0) is 118 Å². The molecule has 4 unspecified atom stereocenters. The molecule has 36 heavy (non-hydrogen) atoms. The normalized spacial score (nSPS) is 41.9. The van der Waals surface area contributed by atoms with Crippen molar-refractivity contribution in [3.63, 3.8) is 0 Å². The summed E-state index contributed by atoms with van der Waals surface area (Å²) in [5.74, 6) is 0.193. The zero-order chi connectivity index (χ0) is 26.3. The largest absolute Gasteiger partial charge is 0.457 e. The highest BCUT2D eigenvalue weighted by Crippen LogP contribution is 2.61. The predicted octanol–water partition coefficient (Wildman–Crippen LogP) is 7.33. The molecule has 0 N–H and O–H groups in total. The van der Waals surface area contributed by atoms with Gasteiger partial charge in [0.25, 0.3) is 5.60 Å². The number of ether oxygens (including phenoxy) is 2. The third-order valence-electron chi connectivity index (χ3n) is 10.9. The summed E-state index contributed by atoms with van der Waals surface area (Å²) in [6.45, 7) is 4.55. The Morgan fingerprint density at radius 3 is 1.83 bits per heavy atom. The molecule has 0 heterocycles. The number of hydrogen-bond acceptors (Lipinski definition) is 3. The predicted molar refractivity (Wildman–Crippen MR) is 120 cm³/mol. The van der Waals surface area contributed by atoms with Gasteiger partial charge >= 0.3 is 18.3 Å². The number of hydrogen-bond donors (Lipinski definition) is 0. The van der Waals surface area contributed by atoms with Crippen LogP contribution in [0.1, 0.15) is 78.6 Å². The van der Waals surface area contributed by atoms with Crippen LogP contribution in [-0.4, -0.2) is 36.1 Å². The van der Waals surface area contributed by atoms with E-state index in [0.717, 1.165) is 25.7 Å². The molecular formula is C27H38F6O3. The fourth-order valence-corrected chi connectivity index (χ4v) is 9.23. The van der Waals surface area contributed by atoms with Gasteiger partial charge in [0.05, 0.1) is 0 Å². The van der Waals surface area contributed by atoms with E-state index in [1.54, 1.807) is 6.92 Å². The van der Waals surface area contributed by atoms with Gasteiger partial charge in [0, 0.05) is 0 Å². The van der Waals surface area contributed by atoms with Gasteiger partial charge in [-0.25, -0.2) is 4.79 Å². The lowest BCUT2D eigenvalue weighted by Crippen LogP contribution is -2.61. The zero-order valence-corrected chi connectivity index (χ0v) is 21.3. The molecule has 0 aliphatic heterocycles. The number of fused-ring (bicyclic) bond motifs is 2. The van der Waals surface area contributed by atoms with Gasteiger partial charge in [-0.15, -0.1) is 0 Å². The Bertz CT molecular complexity index is 807. The van der Waals surface area contributed by atoms with Crippen LogP contribution < -0.4 is 0 Å². The fourth-order valence-electron chi connectivity index (χ4n) is 9.23. The Morgan fingerprint density at radius 2 is 1.39 bits per heavy atom. The third kappa shape index (κ3) is 4.27. The Kier molecular flexibility index (Phi) is 6.48. The summed E-state index contributed by atoms with van der Waals surface area (Å²) < 4.78 is 95.5. The minimum Gasteiger partial charge on any atom is -0.457 e. The maximum atomic E-state index is 14.2. The second kappa shape index (κ2) is 8.77. The summed E-state index contributed by atoms with van der Waals surface area (Å²) in [6.07, 6.45) is -6.15. The molecule has 0 aromatic heterocycles. The van der Waals surface area contributed by atoms with Crippen LogP contribution in [0.25, 0.3) is 0 Å². The topological polar surface area (TPSA) is 35.5 Å². The van der Waals surface area contributed by atoms with Crippen molar-refractivity contribution < 1.29 is 40.6 Å². The van der Waals surface area contributed by atoms with Crippen LogP contribution in [-0.2, 0) is 14.3 Å². The fraction of sp³-hybridized carbons (Fsp3) is 0.963. The molecule has 3 nitrogen and oxygen atoms in total. The van der Waals surface area contributed by atoms with Gasteiger partial charge in [-0.1, -0.05) is 13.8 Å². The lowest BCUT2D eigenvalue weighted by molar-refractivity contribution is -0.385. The Balaban J connectivity index is 1.29. The molecule has 0 amide bonds. The van der Waals surface area contributed by atoms with Crippen LogP contribution >= 0.6 is 0 Å². The van der Waals surface area contributed by atoms with E-state index in [-0.39, 0.29) is 23.7 Å². The molecule has 6 bridgehead atoms. The van der Waals surface area contributed by atoms with Gasteiger partial charge in [0.15, 0.2) is 0 Å². The Morgan fingerprint density at radius 1 is 0.833 bits per heavy atom. The van der Waals surface area contributed by atoms with Crippen LogP contribution in [0.2, 0.25) is 0 Å². The van der Waals surface area contributed by atoms with Gasteiger partial charge in [0.1, 0.15) is 12.2 Å². The smallest absolute Gasteiger partial charge is 0.426 e. The molecule has 6 rings (SSSR count). The van der Waals surface area contributed by atoms with Crippen LogP contribution in [0, 0.1) is 53.3 Å². The first-order valence-electron chi connectivity index (χ1n) is 13.6. The van der Waals surface area contributed by atoms with E-state index < -0.39 is 48.5 Å². The lowest BCUT2D eigenvalue weighted by Gasteiger charge is -2.59. The molecule has 0 aromatic rings. The minimum absolute atomic E-state index is 0.107. The number of halogens is 6. The summed E-state index contributed by atoms with van der Waals surface area (Å²) in [5, 5.41) is 0. The van der Waals surface area contributed by atoms with Crippen molar-refractivity contribution in [3.05, 3.63) is 0 Å². The Hall–Kier alpha value is -0.990. The standard InChI is InChI=1S/C27H38F6O3/c1-14(2)22-11-17-9-18(22)10-19(17)12-25(26(28,29)30,27(31,32)33)35-13-23(34)36-24(3)20-5-15-4-16(7-20)8-21(24)6-15/h14-22H,4-13H2,1-3H3. The van der Waals surface area contributed by atoms with Crippen molar-refractivity contribution in [3.8, 4) is 0 Å². The third-order valence-corrected chi connectivity index (χ3v) is 10.9. The van der Waals surface area contributed by atoms with E-state index in [1.165, 1.54) is 6.42 Å². The van der Waals surface area contributed by atoms with Crippen molar-refractivity contribution in [2.24, 2.45) is 53.3 Å². The number of alkyl halides is 6. The molecule has 0 saturated heterocycles. The summed E-state index contributed by atoms with van der Waals surface area (Å²) in [4.78, 5) is 12.7. The summed E-state index contributed by atoms with van der Waals surface area (Å²) in [7, 11) is 0. The summed E-state index contributed by atoms with van der Waals surface area (Å²) >= 11 is 0. The second-order valence-electron chi connectivity index (χ2n) is 13.2. The van der Waals surface area contributed by atoms with E-state index in [1.807, 2.05) is 0 Å². The van der Waals surface area contributed by atoms with Gasteiger partial charge in [-0.3, -0.25) is 0 Å². The van der Waals surface area contributed by atoms with E-state index in [9.17, 15) is 31.1 Å². The van der Waals surface area contributed by atoms with E-state index >= 15 is 0 Å². The van der Waals surface area contributed by atoms with Crippen molar-refractivity contribution in [1.29, 1.82) is 0 Å². The Labute approximate surface area is 209 Å². The molecule has 0 radical (unpaired) electrons. The van der Waals surface area contributed by atoms with Crippen LogP contribution in [0.4, 0.5) is 26.3 Å². The maximum absolute atomic E-state index is 14.2. The molecule has 206 valence electrons. The SMILES string of the molecule is CC(C)C1CC2CC1CC2CC(OCC(=O)OC1(C)C2CC3CC(C2)CC1C3)(C(F)(F)F)C(F)(F)F.